The van der Waals surface area contributed by atoms with Gasteiger partial charge in [0.05, 0.1) is 0 Å². The molecule has 29 heavy (non-hydrogen) atoms. The van der Waals surface area contributed by atoms with E-state index in [-0.39, 0.29) is 12.3 Å². The van der Waals surface area contributed by atoms with E-state index in [4.69, 9.17) is 4.74 Å². The highest BCUT2D eigenvalue weighted by atomic mass is 16.5. The molecule has 0 bridgehead atoms. The molecule has 0 aliphatic carbocycles. The van der Waals surface area contributed by atoms with Crippen LogP contribution in [0.25, 0.3) is 0 Å². The Bertz CT molecular complexity index is 954. The van der Waals surface area contributed by atoms with Crippen LogP contribution >= 0.6 is 0 Å². The minimum absolute atomic E-state index is 0.217. The van der Waals surface area contributed by atoms with Crippen LogP contribution in [0.5, 0.6) is 0 Å². The van der Waals surface area contributed by atoms with Crippen LogP contribution < -0.4 is 4.90 Å². The van der Waals surface area contributed by atoms with E-state index in [1.807, 2.05) is 91.9 Å². The summed E-state index contributed by atoms with van der Waals surface area (Å²) >= 11 is 0. The van der Waals surface area contributed by atoms with E-state index in [9.17, 15) is 9.59 Å². The number of benzene rings is 3. The Labute approximate surface area is 171 Å². The van der Waals surface area contributed by atoms with E-state index in [1.54, 1.807) is 7.05 Å². The lowest BCUT2D eigenvalue weighted by Crippen LogP contribution is -2.34. The fourth-order valence-corrected chi connectivity index (χ4v) is 3.13. The summed E-state index contributed by atoms with van der Waals surface area (Å²) in [4.78, 5) is 27.3. The van der Waals surface area contributed by atoms with Crippen molar-refractivity contribution in [1.29, 1.82) is 0 Å². The smallest absolute Gasteiger partial charge is 0.307 e. The van der Waals surface area contributed by atoms with Gasteiger partial charge in [-0.1, -0.05) is 78.4 Å². The molecule has 0 heterocycles. The highest BCUT2D eigenvalue weighted by molar-refractivity contribution is 5.97. The van der Waals surface area contributed by atoms with Crippen LogP contribution in [-0.2, 0) is 20.7 Å². The second kappa shape index (κ2) is 9.69. The second-order valence-electron chi connectivity index (χ2n) is 7.00. The summed E-state index contributed by atoms with van der Waals surface area (Å²) in [5.41, 5.74) is 3.48. The molecule has 4 nitrogen and oxygen atoms in total. The van der Waals surface area contributed by atoms with Gasteiger partial charge in [0, 0.05) is 24.7 Å². The van der Waals surface area contributed by atoms with E-state index in [1.165, 1.54) is 4.90 Å². The zero-order valence-corrected chi connectivity index (χ0v) is 16.7. The molecule has 1 atom stereocenters. The van der Waals surface area contributed by atoms with Gasteiger partial charge in [-0.25, -0.2) is 0 Å². The number of hydrogen-bond donors (Lipinski definition) is 0. The number of ether oxygens (including phenoxy) is 1. The van der Waals surface area contributed by atoms with Crippen molar-refractivity contribution in [2.75, 3.05) is 11.9 Å². The molecule has 148 valence electrons. The predicted molar refractivity (Wildman–Crippen MR) is 115 cm³/mol. The number of anilines is 1. The molecule has 0 aromatic heterocycles. The number of carbonyl (C=O) groups excluding carboxylic acids is 2. The molecular weight excluding hydrogens is 362 g/mol. The van der Waals surface area contributed by atoms with Crippen LogP contribution in [0.15, 0.2) is 84.9 Å². The van der Waals surface area contributed by atoms with E-state index in [2.05, 4.69) is 0 Å². The quantitative estimate of drug-likeness (QED) is 0.543. The molecule has 0 saturated carbocycles. The average Bonchev–Trinajstić information content (AvgIpc) is 2.76. The van der Waals surface area contributed by atoms with Crippen molar-refractivity contribution in [2.45, 2.75) is 25.9 Å². The molecule has 0 fully saturated rings. The van der Waals surface area contributed by atoms with E-state index in [0.29, 0.717) is 12.0 Å². The first-order chi connectivity index (χ1) is 14.0. The van der Waals surface area contributed by atoms with Crippen LogP contribution in [0.4, 0.5) is 5.69 Å². The number of para-hydroxylation sites is 1. The lowest BCUT2D eigenvalue weighted by Gasteiger charge is -2.24. The SMILES string of the molecule is Cc1cccc([C@H](OC(=O)CCc2ccccc2)C(=O)N(C)c2ccccc2)c1. The molecule has 3 aromatic rings. The summed E-state index contributed by atoms with van der Waals surface area (Å²) < 4.78 is 5.69. The third-order valence-electron chi connectivity index (χ3n) is 4.75. The van der Waals surface area contributed by atoms with Crippen molar-refractivity contribution in [3.05, 3.63) is 102 Å². The van der Waals surface area contributed by atoms with Gasteiger partial charge in [-0.3, -0.25) is 9.59 Å². The maximum absolute atomic E-state index is 13.2. The van der Waals surface area contributed by atoms with Crippen LogP contribution in [0.3, 0.4) is 0 Å². The van der Waals surface area contributed by atoms with Gasteiger partial charge in [-0.2, -0.15) is 0 Å². The number of aryl methyl sites for hydroxylation is 2. The molecule has 0 radical (unpaired) electrons. The third kappa shape index (κ3) is 5.55. The largest absolute Gasteiger partial charge is 0.447 e. The molecule has 0 aliphatic rings. The molecule has 0 N–H and O–H groups in total. The van der Waals surface area contributed by atoms with Crippen molar-refractivity contribution in [3.63, 3.8) is 0 Å². The van der Waals surface area contributed by atoms with Gasteiger partial charge in [0.25, 0.3) is 5.91 Å². The minimum atomic E-state index is -0.983. The van der Waals surface area contributed by atoms with Crippen molar-refractivity contribution >= 4 is 17.6 Å². The number of likely N-dealkylation sites (N-methyl/N-ethyl adjacent to an activating group) is 1. The van der Waals surface area contributed by atoms with Crippen LogP contribution in [0.2, 0.25) is 0 Å². The lowest BCUT2D eigenvalue weighted by atomic mass is 10.0. The third-order valence-corrected chi connectivity index (χ3v) is 4.75. The monoisotopic (exact) mass is 387 g/mol. The first kappa shape index (κ1) is 20.3. The molecule has 1 amide bonds. The molecule has 3 aromatic carbocycles. The number of amides is 1. The normalized spacial score (nSPS) is 11.5. The summed E-state index contributed by atoms with van der Waals surface area (Å²) in [5.74, 6) is -0.676. The maximum atomic E-state index is 13.2. The number of nitrogens with zero attached hydrogens (tertiary/aromatic N) is 1. The van der Waals surface area contributed by atoms with Crippen molar-refractivity contribution in [3.8, 4) is 0 Å². The standard InChI is InChI=1S/C25H25NO3/c1-19-10-9-13-21(18-19)24(25(28)26(2)22-14-7-4-8-15-22)29-23(27)17-16-20-11-5-3-6-12-20/h3-15,18,24H,16-17H2,1-2H3/t24-/m0/s1. The van der Waals surface area contributed by atoms with Gasteiger partial charge < -0.3 is 9.64 Å². The summed E-state index contributed by atoms with van der Waals surface area (Å²) in [5, 5.41) is 0. The van der Waals surface area contributed by atoms with Gasteiger partial charge in [0.1, 0.15) is 0 Å². The first-order valence-electron chi connectivity index (χ1n) is 9.67. The Morgan fingerprint density at radius 1 is 0.897 bits per heavy atom. The van der Waals surface area contributed by atoms with Crippen molar-refractivity contribution in [1.82, 2.24) is 0 Å². The zero-order chi connectivity index (χ0) is 20.6. The molecule has 0 aliphatic heterocycles. The van der Waals surface area contributed by atoms with Gasteiger partial charge >= 0.3 is 5.97 Å². The average molecular weight is 387 g/mol. The number of rotatable bonds is 7. The van der Waals surface area contributed by atoms with Gasteiger partial charge in [-0.05, 0) is 31.0 Å². The molecule has 0 unspecified atom stereocenters. The van der Waals surface area contributed by atoms with Crippen LogP contribution in [0, 0.1) is 6.92 Å². The molecule has 0 saturated heterocycles. The summed E-state index contributed by atoms with van der Waals surface area (Å²) in [6.45, 7) is 1.95. The fraction of sp³-hybridized carbons (Fsp3) is 0.200. The van der Waals surface area contributed by atoms with E-state index < -0.39 is 12.1 Å². The number of carbonyl (C=O) groups is 2. The Hall–Kier alpha value is -3.40. The predicted octanol–water partition coefficient (Wildman–Crippen LogP) is 4.88. The Kier molecular flexibility index (Phi) is 6.80. The summed E-state index contributed by atoms with van der Waals surface area (Å²) in [6, 6.07) is 26.6. The highest BCUT2D eigenvalue weighted by Crippen LogP contribution is 2.25. The van der Waals surface area contributed by atoms with Gasteiger partial charge in [-0.15, -0.1) is 0 Å². The van der Waals surface area contributed by atoms with E-state index in [0.717, 1.165) is 16.8 Å². The van der Waals surface area contributed by atoms with Crippen molar-refractivity contribution < 1.29 is 14.3 Å². The Morgan fingerprint density at radius 2 is 1.55 bits per heavy atom. The molecule has 4 heteroatoms. The minimum Gasteiger partial charge on any atom is -0.447 e. The maximum Gasteiger partial charge on any atom is 0.307 e. The topological polar surface area (TPSA) is 46.6 Å². The van der Waals surface area contributed by atoms with Gasteiger partial charge in [0.15, 0.2) is 0 Å². The highest BCUT2D eigenvalue weighted by Gasteiger charge is 2.28. The first-order valence-corrected chi connectivity index (χ1v) is 9.67. The fourth-order valence-electron chi connectivity index (χ4n) is 3.13. The van der Waals surface area contributed by atoms with Crippen molar-refractivity contribution in [2.24, 2.45) is 0 Å². The Balaban J connectivity index is 1.77. The second-order valence-corrected chi connectivity index (χ2v) is 7.00. The molecular formula is C25H25NO3. The van der Waals surface area contributed by atoms with Crippen LogP contribution in [0.1, 0.15) is 29.2 Å². The van der Waals surface area contributed by atoms with Crippen LogP contribution in [-0.4, -0.2) is 18.9 Å². The van der Waals surface area contributed by atoms with E-state index >= 15 is 0 Å². The summed E-state index contributed by atoms with van der Waals surface area (Å²) in [7, 11) is 1.69. The summed E-state index contributed by atoms with van der Waals surface area (Å²) in [6.07, 6.45) is -0.194. The molecule has 0 spiro atoms. The lowest BCUT2D eigenvalue weighted by molar-refractivity contribution is -0.155. The van der Waals surface area contributed by atoms with Gasteiger partial charge in [0.2, 0.25) is 6.10 Å². The zero-order valence-electron chi connectivity index (χ0n) is 16.7. The number of esters is 1. The molecule has 3 rings (SSSR count). The Morgan fingerprint density at radius 3 is 2.21 bits per heavy atom. The number of hydrogen-bond acceptors (Lipinski definition) is 3.